The maximum Gasteiger partial charge on any atom is 0.229 e. The van der Waals surface area contributed by atoms with Crippen LogP contribution in [0.3, 0.4) is 0 Å². The fraction of sp³-hybridized carbons (Fsp3) is 0.105. The third-order valence-electron chi connectivity index (χ3n) is 3.60. The van der Waals surface area contributed by atoms with E-state index in [9.17, 15) is 13.6 Å². The molecule has 1 aromatic heterocycles. The van der Waals surface area contributed by atoms with Crippen LogP contribution in [0.4, 0.5) is 20.4 Å². The number of nitrogens with zero attached hydrogens (tertiary/aromatic N) is 2. The van der Waals surface area contributed by atoms with Gasteiger partial charge in [-0.05, 0) is 35.9 Å². The molecule has 1 heterocycles. The molecule has 5 nitrogen and oxygen atoms in total. The first-order valence-electron chi connectivity index (χ1n) is 7.95. The second kappa shape index (κ2) is 8.15. The first-order chi connectivity index (χ1) is 12.6. The van der Waals surface area contributed by atoms with Gasteiger partial charge in [-0.3, -0.25) is 4.79 Å². The number of hydrogen-bond acceptors (Lipinski definition) is 4. The molecule has 1 amide bonds. The van der Waals surface area contributed by atoms with Crippen molar-refractivity contribution in [1.29, 1.82) is 0 Å². The molecule has 0 aliphatic rings. The Balaban J connectivity index is 1.54. The third-order valence-corrected chi connectivity index (χ3v) is 3.60. The minimum absolute atomic E-state index is 0.0344. The largest absolute Gasteiger partial charge is 0.364 e. The van der Waals surface area contributed by atoms with E-state index in [2.05, 4.69) is 20.8 Å². The van der Waals surface area contributed by atoms with Gasteiger partial charge in [0.1, 0.15) is 17.5 Å². The molecule has 0 aliphatic heterocycles. The van der Waals surface area contributed by atoms with Crippen LogP contribution in [0, 0.1) is 11.6 Å². The van der Waals surface area contributed by atoms with Gasteiger partial charge in [0.25, 0.3) is 0 Å². The summed E-state index contributed by atoms with van der Waals surface area (Å²) in [6.07, 6.45) is 0.0344. The van der Waals surface area contributed by atoms with Crippen molar-refractivity contribution in [1.82, 2.24) is 10.2 Å². The highest BCUT2D eigenvalue weighted by Crippen LogP contribution is 2.11. The Hall–Kier alpha value is -3.35. The fourth-order valence-electron chi connectivity index (χ4n) is 2.34. The zero-order valence-corrected chi connectivity index (χ0v) is 13.7. The molecule has 0 saturated carbocycles. The fourth-order valence-corrected chi connectivity index (χ4v) is 2.34. The van der Waals surface area contributed by atoms with Crippen LogP contribution in [0.1, 0.15) is 11.1 Å². The van der Waals surface area contributed by atoms with Crippen molar-refractivity contribution >= 4 is 17.5 Å². The Morgan fingerprint density at radius 1 is 0.923 bits per heavy atom. The lowest BCUT2D eigenvalue weighted by atomic mass is 10.1. The van der Waals surface area contributed by atoms with Gasteiger partial charge in [-0.1, -0.05) is 30.3 Å². The van der Waals surface area contributed by atoms with Crippen LogP contribution in [0.25, 0.3) is 0 Å². The molecule has 132 valence electrons. The zero-order valence-electron chi connectivity index (χ0n) is 13.7. The Labute approximate surface area is 149 Å². The van der Waals surface area contributed by atoms with Crippen molar-refractivity contribution in [2.75, 3.05) is 10.6 Å². The maximum atomic E-state index is 13.6. The number of halogens is 2. The van der Waals surface area contributed by atoms with Crippen molar-refractivity contribution in [3.63, 3.8) is 0 Å². The SMILES string of the molecule is O=C(Cc1cccc(F)c1)Nc1ccc(NCc2ccccc2F)nn1. The van der Waals surface area contributed by atoms with Crippen molar-refractivity contribution in [2.24, 2.45) is 0 Å². The predicted molar refractivity (Wildman–Crippen MR) is 94.5 cm³/mol. The second-order valence-electron chi connectivity index (χ2n) is 5.60. The van der Waals surface area contributed by atoms with Gasteiger partial charge in [0, 0.05) is 12.1 Å². The van der Waals surface area contributed by atoms with E-state index in [1.165, 1.54) is 18.2 Å². The Bertz CT molecular complexity index is 900. The molecule has 2 aromatic carbocycles. The zero-order chi connectivity index (χ0) is 18.4. The van der Waals surface area contributed by atoms with Gasteiger partial charge in [-0.2, -0.15) is 0 Å². The van der Waals surface area contributed by atoms with E-state index in [1.807, 2.05) is 0 Å². The lowest BCUT2D eigenvalue weighted by molar-refractivity contribution is -0.115. The van der Waals surface area contributed by atoms with Crippen molar-refractivity contribution in [3.05, 3.63) is 83.4 Å². The number of benzene rings is 2. The van der Waals surface area contributed by atoms with E-state index in [0.717, 1.165) is 0 Å². The number of rotatable bonds is 6. The molecule has 3 rings (SSSR count). The minimum atomic E-state index is -0.389. The van der Waals surface area contributed by atoms with Crippen LogP contribution in [0.5, 0.6) is 0 Å². The van der Waals surface area contributed by atoms with Crippen molar-refractivity contribution in [3.8, 4) is 0 Å². The van der Waals surface area contributed by atoms with Gasteiger partial charge in [0.05, 0.1) is 6.42 Å². The topological polar surface area (TPSA) is 66.9 Å². The average molecular weight is 354 g/mol. The highest BCUT2D eigenvalue weighted by molar-refractivity contribution is 5.91. The quantitative estimate of drug-likeness (QED) is 0.710. The number of aromatic nitrogens is 2. The summed E-state index contributed by atoms with van der Waals surface area (Å²) in [5.74, 6) is -0.272. The molecule has 0 radical (unpaired) electrons. The minimum Gasteiger partial charge on any atom is -0.364 e. The molecule has 0 spiro atoms. The number of amides is 1. The Kier molecular flexibility index (Phi) is 5.48. The lowest BCUT2D eigenvalue weighted by Gasteiger charge is -2.07. The molecular weight excluding hydrogens is 338 g/mol. The summed E-state index contributed by atoms with van der Waals surface area (Å²) in [5.41, 5.74) is 1.08. The first-order valence-corrected chi connectivity index (χ1v) is 7.95. The monoisotopic (exact) mass is 354 g/mol. The van der Waals surface area contributed by atoms with E-state index >= 15 is 0 Å². The van der Waals surface area contributed by atoms with E-state index in [1.54, 1.807) is 42.5 Å². The van der Waals surface area contributed by atoms with Gasteiger partial charge in [0.2, 0.25) is 5.91 Å². The first kappa shape index (κ1) is 17.5. The number of hydrogen-bond donors (Lipinski definition) is 2. The number of carbonyl (C=O) groups excluding carboxylic acids is 1. The normalized spacial score (nSPS) is 10.4. The summed E-state index contributed by atoms with van der Waals surface area (Å²) in [5, 5.41) is 13.4. The highest BCUT2D eigenvalue weighted by Gasteiger charge is 2.07. The molecule has 0 atom stereocenters. The van der Waals surface area contributed by atoms with E-state index in [4.69, 9.17) is 0 Å². The lowest BCUT2D eigenvalue weighted by Crippen LogP contribution is -2.16. The standard InChI is InChI=1S/C19H16F2N4O/c20-15-6-3-4-13(10-15)11-19(26)23-18-9-8-17(24-25-18)22-12-14-5-1-2-7-16(14)21/h1-10H,11-12H2,(H,22,24)(H,23,25,26). The van der Waals surface area contributed by atoms with Crippen LogP contribution in [0.15, 0.2) is 60.7 Å². The summed E-state index contributed by atoms with van der Waals surface area (Å²) < 4.78 is 26.7. The van der Waals surface area contributed by atoms with E-state index in [0.29, 0.717) is 16.9 Å². The van der Waals surface area contributed by atoms with E-state index < -0.39 is 0 Å². The molecule has 0 bridgehead atoms. The molecule has 0 aliphatic carbocycles. The molecular formula is C19H16F2N4O. The molecule has 2 N–H and O–H groups in total. The molecule has 0 fully saturated rings. The number of nitrogens with one attached hydrogen (secondary N) is 2. The van der Waals surface area contributed by atoms with Gasteiger partial charge in [-0.25, -0.2) is 8.78 Å². The van der Waals surface area contributed by atoms with Gasteiger partial charge in [0.15, 0.2) is 5.82 Å². The van der Waals surface area contributed by atoms with Crippen LogP contribution in [-0.2, 0) is 17.8 Å². The van der Waals surface area contributed by atoms with Gasteiger partial charge < -0.3 is 10.6 Å². The van der Waals surface area contributed by atoms with Crippen molar-refractivity contribution < 1.29 is 13.6 Å². The summed E-state index contributed by atoms with van der Waals surface area (Å²) >= 11 is 0. The summed E-state index contributed by atoms with van der Waals surface area (Å²) in [6.45, 7) is 0.270. The summed E-state index contributed by atoms with van der Waals surface area (Å²) in [6, 6.07) is 15.5. The second-order valence-corrected chi connectivity index (χ2v) is 5.60. The van der Waals surface area contributed by atoms with Crippen LogP contribution in [-0.4, -0.2) is 16.1 Å². The van der Waals surface area contributed by atoms with Crippen molar-refractivity contribution in [2.45, 2.75) is 13.0 Å². The molecule has 0 saturated heterocycles. The molecule has 7 heteroatoms. The van der Waals surface area contributed by atoms with Crippen LogP contribution >= 0.6 is 0 Å². The van der Waals surface area contributed by atoms with E-state index in [-0.39, 0.29) is 36.3 Å². The Morgan fingerprint density at radius 2 is 1.69 bits per heavy atom. The van der Waals surface area contributed by atoms with Crippen LogP contribution < -0.4 is 10.6 Å². The smallest absolute Gasteiger partial charge is 0.229 e. The maximum absolute atomic E-state index is 13.6. The number of carbonyl (C=O) groups is 1. The summed E-state index contributed by atoms with van der Waals surface area (Å²) in [4.78, 5) is 12.0. The Morgan fingerprint density at radius 3 is 2.42 bits per heavy atom. The average Bonchev–Trinajstić information content (AvgIpc) is 2.62. The van der Waals surface area contributed by atoms with Crippen LogP contribution in [0.2, 0.25) is 0 Å². The molecule has 26 heavy (non-hydrogen) atoms. The van der Waals surface area contributed by atoms with Gasteiger partial charge >= 0.3 is 0 Å². The highest BCUT2D eigenvalue weighted by atomic mass is 19.1. The summed E-state index contributed by atoms with van der Waals surface area (Å²) in [7, 11) is 0. The molecule has 0 unspecified atom stereocenters. The third kappa shape index (κ3) is 4.83. The molecule has 3 aromatic rings. The number of anilines is 2. The predicted octanol–water partition coefficient (Wildman–Crippen LogP) is 3.55. The van der Waals surface area contributed by atoms with Gasteiger partial charge in [-0.15, -0.1) is 10.2 Å².